The molecule has 17 heavy (non-hydrogen) atoms. The zero-order valence-electron chi connectivity index (χ0n) is 11.1. The van der Waals surface area contributed by atoms with Crippen LogP contribution in [0.15, 0.2) is 12.2 Å². The molecule has 0 aromatic carbocycles. The first-order chi connectivity index (χ1) is 8.43. The van der Waals surface area contributed by atoms with Crippen molar-refractivity contribution in [2.75, 3.05) is 0 Å². The van der Waals surface area contributed by atoms with Gasteiger partial charge in [0, 0.05) is 11.8 Å². The Morgan fingerprint density at radius 1 is 0.588 bits per heavy atom. The quantitative estimate of drug-likeness (QED) is 0.455. The van der Waals surface area contributed by atoms with Crippen LogP contribution in [0.4, 0.5) is 0 Å². The summed E-state index contributed by atoms with van der Waals surface area (Å²) in [5.41, 5.74) is 0. The van der Waals surface area contributed by atoms with Crippen LogP contribution in [0.1, 0.15) is 64.2 Å². The lowest BCUT2D eigenvalue weighted by molar-refractivity contribution is 0.274. The summed E-state index contributed by atoms with van der Waals surface area (Å²) in [6.45, 7) is 0. The minimum atomic E-state index is 0.835. The van der Waals surface area contributed by atoms with Crippen LogP contribution in [0, 0.1) is 30.1 Å². The van der Waals surface area contributed by atoms with Crippen LogP contribution in [-0.4, -0.2) is 0 Å². The summed E-state index contributed by atoms with van der Waals surface area (Å²) in [6, 6.07) is 0. The molecular formula is C17H27+. The van der Waals surface area contributed by atoms with Crippen LogP contribution < -0.4 is 0 Å². The van der Waals surface area contributed by atoms with Gasteiger partial charge in [-0.1, -0.05) is 38.5 Å². The minimum Gasteiger partial charge on any atom is -0.0533 e. The van der Waals surface area contributed by atoms with E-state index in [9.17, 15) is 0 Å². The fourth-order valence-corrected chi connectivity index (χ4v) is 4.31. The molecule has 0 heterocycles. The molecule has 0 saturated heterocycles. The van der Waals surface area contributed by atoms with Crippen LogP contribution in [0.5, 0.6) is 0 Å². The third-order valence-electron chi connectivity index (χ3n) is 5.39. The average Bonchev–Trinajstić information content (AvgIpc) is 2.90. The van der Waals surface area contributed by atoms with E-state index in [1.165, 1.54) is 64.2 Å². The van der Waals surface area contributed by atoms with E-state index in [1.807, 2.05) is 0 Å². The molecule has 0 aromatic rings. The molecule has 2 atom stereocenters. The first-order valence-electron chi connectivity index (χ1n) is 7.97. The van der Waals surface area contributed by atoms with E-state index in [-0.39, 0.29) is 0 Å². The van der Waals surface area contributed by atoms with Gasteiger partial charge in [0.25, 0.3) is 0 Å². The zero-order chi connectivity index (χ0) is 11.5. The molecule has 3 aliphatic rings. The predicted molar refractivity (Wildman–Crippen MR) is 73.6 cm³/mol. The van der Waals surface area contributed by atoms with Gasteiger partial charge in [0.2, 0.25) is 0 Å². The molecule has 0 heteroatoms. The molecule has 0 radical (unpaired) electrons. The fourth-order valence-electron chi connectivity index (χ4n) is 4.31. The van der Waals surface area contributed by atoms with Gasteiger partial charge in [0.15, 0.2) is 0 Å². The van der Waals surface area contributed by atoms with Crippen molar-refractivity contribution in [1.29, 1.82) is 0 Å². The van der Waals surface area contributed by atoms with Gasteiger partial charge in [-0.25, -0.2) is 0 Å². The number of hydrogen-bond acceptors (Lipinski definition) is 0. The summed E-state index contributed by atoms with van der Waals surface area (Å²) < 4.78 is 0. The highest BCUT2D eigenvalue weighted by Gasteiger charge is 2.39. The standard InChI is InChI=1S/C17H27/c1-3-7-14(8-4-1)16-11-12-17(13-16)15-9-5-2-6-10-15/h11-17H,1-10H2/q+1. The second-order valence-corrected chi connectivity index (χ2v) is 6.53. The van der Waals surface area contributed by atoms with Crippen molar-refractivity contribution in [2.24, 2.45) is 23.7 Å². The summed E-state index contributed by atoms with van der Waals surface area (Å²) in [6.07, 6.45) is 22.7. The molecule has 0 aliphatic heterocycles. The molecule has 94 valence electrons. The lowest BCUT2D eigenvalue weighted by atomic mass is 9.75. The monoisotopic (exact) mass is 231 g/mol. The highest BCUT2D eigenvalue weighted by atomic mass is 14.4. The van der Waals surface area contributed by atoms with Crippen molar-refractivity contribution >= 4 is 0 Å². The van der Waals surface area contributed by atoms with Gasteiger partial charge in [-0.2, -0.15) is 0 Å². The second-order valence-electron chi connectivity index (χ2n) is 6.53. The van der Waals surface area contributed by atoms with E-state index in [0.717, 1.165) is 23.7 Å². The smallest absolute Gasteiger partial charge is 0.0533 e. The number of allylic oxidation sites excluding steroid dienone is 2. The molecule has 0 aromatic heterocycles. The molecule has 2 unspecified atom stereocenters. The Kier molecular flexibility index (Phi) is 3.78. The van der Waals surface area contributed by atoms with Gasteiger partial charge >= 0.3 is 0 Å². The van der Waals surface area contributed by atoms with Gasteiger partial charge in [-0.3, -0.25) is 0 Å². The maximum absolute atomic E-state index is 2.71. The molecule has 3 rings (SSSR count). The average molecular weight is 231 g/mol. The highest BCUT2D eigenvalue weighted by molar-refractivity contribution is 5.15. The van der Waals surface area contributed by atoms with Gasteiger partial charge in [-0.15, -0.1) is 0 Å². The molecule has 0 spiro atoms. The van der Waals surface area contributed by atoms with E-state index in [1.54, 1.807) is 0 Å². The van der Waals surface area contributed by atoms with Gasteiger partial charge in [0.1, 0.15) is 11.8 Å². The third-order valence-corrected chi connectivity index (χ3v) is 5.39. The Labute approximate surface area is 107 Å². The number of rotatable bonds is 2. The topological polar surface area (TPSA) is 0 Å². The van der Waals surface area contributed by atoms with Gasteiger partial charge in [-0.05, 0) is 37.8 Å². The molecule has 0 nitrogen and oxygen atoms in total. The lowest BCUT2D eigenvalue weighted by Crippen LogP contribution is -2.20. The molecule has 3 aliphatic carbocycles. The molecule has 0 bridgehead atoms. The zero-order valence-corrected chi connectivity index (χ0v) is 11.1. The van der Waals surface area contributed by atoms with Gasteiger partial charge < -0.3 is 0 Å². The van der Waals surface area contributed by atoms with Crippen molar-refractivity contribution in [3.8, 4) is 0 Å². The van der Waals surface area contributed by atoms with Crippen LogP contribution in [-0.2, 0) is 0 Å². The highest BCUT2D eigenvalue weighted by Crippen LogP contribution is 2.42. The van der Waals surface area contributed by atoms with Gasteiger partial charge in [0.05, 0.1) is 6.42 Å². The number of hydrogen-bond donors (Lipinski definition) is 0. The maximum Gasteiger partial charge on any atom is 0.119 e. The first-order valence-corrected chi connectivity index (χ1v) is 7.97. The normalized spacial score (nSPS) is 36.0. The lowest BCUT2D eigenvalue weighted by Gasteiger charge is -2.25. The Bertz CT molecular complexity index is 227. The first kappa shape index (κ1) is 11.7. The molecule has 2 saturated carbocycles. The predicted octanol–water partition coefficient (Wildman–Crippen LogP) is 5.15. The summed E-state index contributed by atoms with van der Waals surface area (Å²) >= 11 is 0. The minimum absolute atomic E-state index is 0.835. The van der Waals surface area contributed by atoms with E-state index in [4.69, 9.17) is 0 Å². The maximum atomic E-state index is 2.71. The van der Waals surface area contributed by atoms with E-state index in [0.29, 0.717) is 0 Å². The Morgan fingerprint density at radius 3 is 1.41 bits per heavy atom. The van der Waals surface area contributed by atoms with E-state index in [2.05, 4.69) is 18.6 Å². The molecule has 0 amide bonds. The largest absolute Gasteiger partial charge is 0.119 e. The van der Waals surface area contributed by atoms with Crippen LogP contribution in [0.3, 0.4) is 0 Å². The molecule has 0 N–H and O–H groups in total. The fraction of sp³-hybridized carbons (Fsp3) is 0.824. The van der Waals surface area contributed by atoms with Crippen molar-refractivity contribution in [3.05, 3.63) is 18.6 Å². The van der Waals surface area contributed by atoms with Crippen LogP contribution in [0.2, 0.25) is 0 Å². The van der Waals surface area contributed by atoms with Crippen molar-refractivity contribution in [1.82, 2.24) is 0 Å². The summed E-state index contributed by atoms with van der Waals surface area (Å²) in [5.74, 6) is 3.66. The summed E-state index contributed by atoms with van der Waals surface area (Å²) in [7, 11) is 0. The summed E-state index contributed by atoms with van der Waals surface area (Å²) in [5, 5.41) is 0. The Morgan fingerprint density at radius 2 is 1.00 bits per heavy atom. The second kappa shape index (κ2) is 5.50. The van der Waals surface area contributed by atoms with Crippen LogP contribution >= 0.6 is 0 Å². The van der Waals surface area contributed by atoms with Crippen molar-refractivity contribution < 1.29 is 0 Å². The van der Waals surface area contributed by atoms with E-state index >= 15 is 0 Å². The third kappa shape index (κ3) is 2.72. The SMILES string of the molecule is C1=CC(C2CCCCC2)[CH+]C1C1CCCCC1. The molecular weight excluding hydrogens is 204 g/mol. The molecule has 2 fully saturated rings. The van der Waals surface area contributed by atoms with E-state index < -0.39 is 0 Å². The Balaban J connectivity index is 1.52. The van der Waals surface area contributed by atoms with Crippen LogP contribution in [0.25, 0.3) is 0 Å². The van der Waals surface area contributed by atoms with Crippen molar-refractivity contribution in [2.45, 2.75) is 64.2 Å². The Hall–Kier alpha value is -0.390. The van der Waals surface area contributed by atoms with Crippen molar-refractivity contribution in [3.63, 3.8) is 0 Å². The summed E-state index contributed by atoms with van der Waals surface area (Å²) in [4.78, 5) is 0.